The highest BCUT2D eigenvalue weighted by Gasteiger charge is 2.09. The topological polar surface area (TPSA) is 58.2 Å². The average Bonchev–Trinajstić information content (AvgIpc) is 2.37. The molecule has 0 heterocycles. The van der Waals surface area contributed by atoms with Gasteiger partial charge in [-0.1, -0.05) is 13.3 Å². The van der Waals surface area contributed by atoms with Crippen molar-refractivity contribution in [1.82, 2.24) is 10.6 Å². The molecule has 2 amide bonds. The first-order valence-corrected chi connectivity index (χ1v) is 6.36. The molecule has 0 aliphatic carbocycles. The van der Waals surface area contributed by atoms with Gasteiger partial charge in [-0.25, -0.2) is 4.39 Å². The van der Waals surface area contributed by atoms with Crippen molar-refractivity contribution in [3.8, 4) is 0 Å². The monoisotopic (exact) mass is 266 g/mol. The van der Waals surface area contributed by atoms with E-state index in [0.717, 1.165) is 12.8 Å². The van der Waals surface area contributed by atoms with E-state index < -0.39 is 11.7 Å². The van der Waals surface area contributed by atoms with Crippen molar-refractivity contribution in [3.05, 3.63) is 35.6 Å². The van der Waals surface area contributed by atoms with Gasteiger partial charge in [-0.2, -0.15) is 0 Å². The molecule has 0 saturated carbocycles. The van der Waals surface area contributed by atoms with Crippen LogP contribution in [-0.2, 0) is 4.79 Å². The molecule has 1 rings (SSSR count). The quantitative estimate of drug-likeness (QED) is 0.825. The third kappa shape index (κ3) is 5.50. The van der Waals surface area contributed by atoms with Crippen LogP contribution in [0.1, 0.15) is 37.0 Å². The molecular formula is C14H19FN2O2. The smallest absolute Gasteiger partial charge is 0.251 e. The molecule has 5 heteroatoms. The van der Waals surface area contributed by atoms with Gasteiger partial charge in [-0.15, -0.1) is 0 Å². The minimum atomic E-state index is -0.400. The summed E-state index contributed by atoms with van der Waals surface area (Å²) in [4.78, 5) is 23.2. The van der Waals surface area contributed by atoms with Crippen molar-refractivity contribution >= 4 is 11.8 Å². The fraction of sp³-hybridized carbons (Fsp3) is 0.429. The van der Waals surface area contributed by atoms with Gasteiger partial charge in [-0.3, -0.25) is 9.59 Å². The second-order valence-corrected chi connectivity index (χ2v) is 4.45. The van der Waals surface area contributed by atoms with Crippen LogP contribution < -0.4 is 10.6 Å². The SMILES string of the molecule is CCCC(C)NC(=O)CNC(=O)c1ccc(F)cc1. The van der Waals surface area contributed by atoms with Crippen molar-refractivity contribution in [2.45, 2.75) is 32.7 Å². The lowest BCUT2D eigenvalue weighted by Crippen LogP contribution is -2.40. The number of nitrogens with one attached hydrogen (secondary N) is 2. The predicted molar refractivity (Wildman–Crippen MR) is 71.2 cm³/mol. The zero-order valence-corrected chi connectivity index (χ0v) is 11.2. The van der Waals surface area contributed by atoms with Crippen LogP contribution in [0.15, 0.2) is 24.3 Å². The molecule has 0 saturated heterocycles. The van der Waals surface area contributed by atoms with Gasteiger partial charge in [-0.05, 0) is 37.6 Å². The van der Waals surface area contributed by atoms with Crippen molar-refractivity contribution < 1.29 is 14.0 Å². The largest absolute Gasteiger partial charge is 0.352 e. The molecule has 0 aliphatic rings. The maximum absolute atomic E-state index is 12.7. The molecule has 1 aromatic carbocycles. The fourth-order valence-electron chi connectivity index (χ4n) is 1.69. The molecule has 0 radical (unpaired) electrons. The minimum Gasteiger partial charge on any atom is -0.352 e. The highest BCUT2D eigenvalue weighted by Crippen LogP contribution is 2.02. The highest BCUT2D eigenvalue weighted by atomic mass is 19.1. The summed E-state index contributed by atoms with van der Waals surface area (Å²) in [7, 11) is 0. The summed E-state index contributed by atoms with van der Waals surface area (Å²) in [6.07, 6.45) is 1.89. The van der Waals surface area contributed by atoms with E-state index in [1.54, 1.807) is 0 Å². The Hall–Kier alpha value is -1.91. The Morgan fingerprint density at radius 2 is 1.89 bits per heavy atom. The van der Waals surface area contributed by atoms with Crippen molar-refractivity contribution in [3.63, 3.8) is 0 Å². The summed E-state index contributed by atoms with van der Waals surface area (Å²) in [6, 6.07) is 5.27. The van der Waals surface area contributed by atoms with Crippen LogP contribution in [0.25, 0.3) is 0 Å². The van der Waals surface area contributed by atoms with Crippen LogP contribution in [0.3, 0.4) is 0 Å². The number of benzene rings is 1. The standard InChI is InChI=1S/C14H19FN2O2/c1-3-4-10(2)17-13(18)9-16-14(19)11-5-7-12(15)8-6-11/h5-8,10H,3-4,9H2,1-2H3,(H,16,19)(H,17,18). The third-order valence-electron chi connectivity index (χ3n) is 2.64. The highest BCUT2D eigenvalue weighted by molar-refractivity contribution is 5.96. The van der Waals surface area contributed by atoms with E-state index >= 15 is 0 Å². The average molecular weight is 266 g/mol. The molecule has 104 valence electrons. The molecule has 0 spiro atoms. The molecule has 0 aromatic heterocycles. The van der Waals surface area contributed by atoms with Crippen LogP contribution in [-0.4, -0.2) is 24.4 Å². The van der Waals surface area contributed by atoms with Crippen molar-refractivity contribution in [2.75, 3.05) is 6.54 Å². The Labute approximate surface area is 112 Å². The summed E-state index contributed by atoms with van der Waals surface area (Å²) < 4.78 is 12.7. The maximum Gasteiger partial charge on any atom is 0.251 e. The van der Waals surface area contributed by atoms with E-state index in [0.29, 0.717) is 5.56 Å². The van der Waals surface area contributed by atoms with E-state index in [4.69, 9.17) is 0 Å². The van der Waals surface area contributed by atoms with Gasteiger partial charge in [0.15, 0.2) is 0 Å². The van der Waals surface area contributed by atoms with Crippen molar-refractivity contribution in [1.29, 1.82) is 0 Å². The Bertz CT molecular complexity index is 432. The molecule has 4 nitrogen and oxygen atoms in total. The molecule has 1 atom stereocenters. The molecule has 0 aliphatic heterocycles. The van der Waals surface area contributed by atoms with Crippen LogP contribution in [0, 0.1) is 5.82 Å². The van der Waals surface area contributed by atoms with E-state index in [-0.39, 0.29) is 18.5 Å². The maximum atomic E-state index is 12.7. The zero-order chi connectivity index (χ0) is 14.3. The summed E-state index contributed by atoms with van der Waals surface area (Å²) in [5.74, 6) is -1.02. The summed E-state index contributed by atoms with van der Waals surface area (Å²) in [5, 5.41) is 5.28. The first kappa shape index (κ1) is 15.1. The Kier molecular flexibility index (Phi) is 5.99. The van der Waals surface area contributed by atoms with E-state index in [2.05, 4.69) is 10.6 Å². The van der Waals surface area contributed by atoms with Crippen LogP contribution in [0.2, 0.25) is 0 Å². The van der Waals surface area contributed by atoms with Gasteiger partial charge in [0.1, 0.15) is 5.82 Å². The van der Waals surface area contributed by atoms with Gasteiger partial charge in [0.2, 0.25) is 5.91 Å². The van der Waals surface area contributed by atoms with E-state index in [1.165, 1.54) is 24.3 Å². The lowest BCUT2D eigenvalue weighted by Gasteiger charge is -2.13. The fourth-order valence-corrected chi connectivity index (χ4v) is 1.69. The normalized spacial score (nSPS) is 11.7. The molecule has 0 bridgehead atoms. The Balaban J connectivity index is 2.37. The zero-order valence-electron chi connectivity index (χ0n) is 11.2. The van der Waals surface area contributed by atoms with Crippen LogP contribution in [0.5, 0.6) is 0 Å². The lowest BCUT2D eigenvalue weighted by molar-refractivity contribution is -0.120. The molecule has 19 heavy (non-hydrogen) atoms. The van der Waals surface area contributed by atoms with Crippen LogP contribution >= 0.6 is 0 Å². The number of hydrogen-bond donors (Lipinski definition) is 2. The summed E-state index contributed by atoms with van der Waals surface area (Å²) in [5.41, 5.74) is 0.329. The van der Waals surface area contributed by atoms with Crippen molar-refractivity contribution in [2.24, 2.45) is 0 Å². The number of carbonyl (C=O) groups excluding carboxylic acids is 2. The van der Waals surface area contributed by atoms with E-state index in [1.807, 2.05) is 13.8 Å². The Morgan fingerprint density at radius 3 is 2.47 bits per heavy atom. The number of hydrogen-bond acceptors (Lipinski definition) is 2. The molecular weight excluding hydrogens is 247 g/mol. The summed E-state index contributed by atoms with van der Waals surface area (Å²) in [6.45, 7) is 3.88. The third-order valence-corrected chi connectivity index (χ3v) is 2.64. The second kappa shape index (κ2) is 7.51. The van der Waals surface area contributed by atoms with E-state index in [9.17, 15) is 14.0 Å². The van der Waals surface area contributed by atoms with Gasteiger partial charge >= 0.3 is 0 Å². The minimum absolute atomic E-state index is 0.0791. The van der Waals surface area contributed by atoms with Crippen LogP contribution in [0.4, 0.5) is 4.39 Å². The van der Waals surface area contributed by atoms with Gasteiger partial charge in [0.25, 0.3) is 5.91 Å². The first-order chi connectivity index (χ1) is 9.02. The second-order valence-electron chi connectivity index (χ2n) is 4.45. The number of amides is 2. The predicted octanol–water partition coefficient (Wildman–Crippen LogP) is 1.86. The van der Waals surface area contributed by atoms with Gasteiger partial charge < -0.3 is 10.6 Å². The number of rotatable bonds is 6. The molecule has 1 unspecified atom stereocenters. The van der Waals surface area contributed by atoms with Gasteiger partial charge in [0, 0.05) is 11.6 Å². The molecule has 1 aromatic rings. The molecule has 2 N–H and O–H groups in total. The lowest BCUT2D eigenvalue weighted by atomic mass is 10.2. The Morgan fingerprint density at radius 1 is 1.26 bits per heavy atom. The number of carbonyl (C=O) groups is 2. The number of halogens is 1. The first-order valence-electron chi connectivity index (χ1n) is 6.36. The molecule has 0 fully saturated rings. The summed E-state index contributed by atoms with van der Waals surface area (Å²) >= 11 is 0. The van der Waals surface area contributed by atoms with Gasteiger partial charge in [0.05, 0.1) is 6.54 Å².